The van der Waals surface area contributed by atoms with Crippen LogP contribution in [0.4, 0.5) is 10.1 Å². The number of halogens is 2. The first-order valence-corrected chi connectivity index (χ1v) is 8.18. The van der Waals surface area contributed by atoms with Crippen LogP contribution in [0.25, 0.3) is 0 Å². The van der Waals surface area contributed by atoms with E-state index in [-0.39, 0.29) is 5.82 Å². The van der Waals surface area contributed by atoms with E-state index in [4.69, 9.17) is 0 Å². The Hall–Kier alpha value is -0.610. The predicted octanol–water partition coefficient (Wildman–Crippen LogP) is 3.97. The first-order chi connectivity index (χ1) is 9.47. The van der Waals surface area contributed by atoms with Gasteiger partial charge in [-0.1, -0.05) is 13.8 Å². The van der Waals surface area contributed by atoms with Crippen molar-refractivity contribution in [3.05, 3.63) is 28.0 Å². The van der Waals surface area contributed by atoms with Crippen molar-refractivity contribution in [2.75, 3.05) is 31.1 Å². The second-order valence-electron chi connectivity index (χ2n) is 6.21. The van der Waals surface area contributed by atoms with E-state index in [1.807, 2.05) is 13.0 Å². The van der Waals surface area contributed by atoms with Crippen LogP contribution in [0.5, 0.6) is 0 Å². The molecule has 1 unspecified atom stereocenters. The topological polar surface area (TPSA) is 15.3 Å². The monoisotopic (exact) mass is 342 g/mol. The van der Waals surface area contributed by atoms with Crippen LogP contribution in [0.15, 0.2) is 16.6 Å². The van der Waals surface area contributed by atoms with Crippen molar-refractivity contribution in [2.24, 2.45) is 11.8 Å². The minimum Gasteiger partial charge on any atom is -0.371 e. The first-order valence-electron chi connectivity index (χ1n) is 7.38. The molecule has 4 heteroatoms. The standard InChI is InChI=1S/C16H24BrFN2/c1-11(2)8-19-9-13-4-5-20(10-13)16-7-15(18)14(17)6-12(16)3/h6-7,11,13,19H,4-5,8-10H2,1-3H3. The Balaban J connectivity index is 1.94. The Kier molecular flexibility index (Phi) is 5.44. The predicted molar refractivity (Wildman–Crippen MR) is 86.9 cm³/mol. The summed E-state index contributed by atoms with van der Waals surface area (Å²) in [5, 5.41) is 3.53. The maximum absolute atomic E-state index is 13.7. The molecule has 1 heterocycles. The summed E-state index contributed by atoms with van der Waals surface area (Å²) >= 11 is 3.24. The van der Waals surface area contributed by atoms with E-state index in [0.717, 1.165) is 37.4 Å². The molecule has 0 saturated carbocycles. The fourth-order valence-corrected chi connectivity index (χ4v) is 3.23. The second kappa shape index (κ2) is 6.90. The van der Waals surface area contributed by atoms with Gasteiger partial charge in [-0.05, 0) is 71.9 Å². The third-order valence-corrected chi connectivity index (χ3v) is 4.46. The average molecular weight is 343 g/mol. The van der Waals surface area contributed by atoms with Crippen molar-refractivity contribution in [3.8, 4) is 0 Å². The van der Waals surface area contributed by atoms with E-state index in [0.29, 0.717) is 16.3 Å². The van der Waals surface area contributed by atoms with Crippen molar-refractivity contribution in [1.29, 1.82) is 0 Å². The number of hydrogen-bond acceptors (Lipinski definition) is 2. The summed E-state index contributed by atoms with van der Waals surface area (Å²) in [6.07, 6.45) is 1.18. The Morgan fingerprint density at radius 3 is 2.90 bits per heavy atom. The summed E-state index contributed by atoms with van der Waals surface area (Å²) in [6.45, 7) is 10.7. The van der Waals surface area contributed by atoms with Gasteiger partial charge in [-0.2, -0.15) is 0 Å². The molecule has 20 heavy (non-hydrogen) atoms. The number of hydrogen-bond donors (Lipinski definition) is 1. The van der Waals surface area contributed by atoms with Gasteiger partial charge in [0.2, 0.25) is 0 Å². The zero-order chi connectivity index (χ0) is 14.7. The number of anilines is 1. The van der Waals surface area contributed by atoms with E-state index < -0.39 is 0 Å². The van der Waals surface area contributed by atoms with Crippen molar-refractivity contribution in [2.45, 2.75) is 27.2 Å². The van der Waals surface area contributed by atoms with E-state index in [1.54, 1.807) is 6.07 Å². The van der Waals surface area contributed by atoms with Gasteiger partial charge in [0.15, 0.2) is 0 Å². The number of nitrogens with one attached hydrogen (secondary N) is 1. The lowest BCUT2D eigenvalue weighted by Crippen LogP contribution is -2.29. The Labute approximate surface area is 129 Å². The molecule has 1 aliphatic rings. The zero-order valence-corrected chi connectivity index (χ0v) is 14.1. The number of rotatable bonds is 5. The molecular weight excluding hydrogens is 319 g/mol. The highest BCUT2D eigenvalue weighted by molar-refractivity contribution is 9.10. The minimum atomic E-state index is -0.174. The average Bonchev–Trinajstić information content (AvgIpc) is 2.82. The van der Waals surface area contributed by atoms with Gasteiger partial charge in [0.05, 0.1) is 4.47 Å². The molecule has 0 aromatic heterocycles. The van der Waals surface area contributed by atoms with Crippen LogP contribution in [0, 0.1) is 24.6 Å². The smallest absolute Gasteiger partial charge is 0.139 e. The molecule has 0 radical (unpaired) electrons. The normalized spacial score (nSPS) is 19.1. The highest BCUT2D eigenvalue weighted by Gasteiger charge is 2.24. The maximum Gasteiger partial charge on any atom is 0.139 e. The second-order valence-corrected chi connectivity index (χ2v) is 7.06. The molecule has 0 spiro atoms. The van der Waals surface area contributed by atoms with Gasteiger partial charge in [-0.15, -0.1) is 0 Å². The van der Waals surface area contributed by atoms with Crippen molar-refractivity contribution in [1.82, 2.24) is 5.32 Å². The summed E-state index contributed by atoms with van der Waals surface area (Å²) in [5.74, 6) is 1.18. The molecule has 1 aliphatic heterocycles. The number of nitrogens with zero attached hydrogens (tertiary/aromatic N) is 1. The lowest BCUT2D eigenvalue weighted by molar-refractivity contribution is 0.477. The molecule has 0 bridgehead atoms. The van der Waals surface area contributed by atoms with Crippen LogP contribution >= 0.6 is 15.9 Å². The van der Waals surface area contributed by atoms with Gasteiger partial charge in [-0.3, -0.25) is 0 Å². The van der Waals surface area contributed by atoms with Gasteiger partial charge in [-0.25, -0.2) is 4.39 Å². The SMILES string of the molecule is Cc1cc(Br)c(F)cc1N1CCC(CNCC(C)C)C1. The molecule has 0 aliphatic carbocycles. The van der Waals surface area contributed by atoms with Crippen LogP contribution in [0.2, 0.25) is 0 Å². The summed E-state index contributed by atoms with van der Waals surface area (Å²) in [4.78, 5) is 2.31. The maximum atomic E-state index is 13.7. The molecule has 2 nitrogen and oxygen atoms in total. The zero-order valence-electron chi connectivity index (χ0n) is 12.5. The molecular formula is C16H24BrFN2. The molecule has 1 atom stereocenters. The quantitative estimate of drug-likeness (QED) is 0.870. The summed E-state index contributed by atoms with van der Waals surface area (Å²) in [5.41, 5.74) is 2.17. The van der Waals surface area contributed by atoms with E-state index in [9.17, 15) is 4.39 Å². The molecule has 1 fully saturated rings. The van der Waals surface area contributed by atoms with Crippen LogP contribution in [0.1, 0.15) is 25.8 Å². The highest BCUT2D eigenvalue weighted by Crippen LogP contribution is 2.30. The molecule has 2 rings (SSSR count). The van der Waals surface area contributed by atoms with Gasteiger partial charge >= 0.3 is 0 Å². The first kappa shape index (κ1) is 15.8. The summed E-state index contributed by atoms with van der Waals surface area (Å²) in [6, 6.07) is 3.53. The third-order valence-electron chi connectivity index (χ3n) is 3.85. The molecule has 1 saturated heterocycles. The molecule has 112 valence electrons. The molecule has 1 aromatic rings. The van der Waals surface area contributed by atoms with E-state index >= 15 is 0 Å². The van der Waals surface area contributed by atoms with Gasteiger partial charge in [0, 0.05) is 18.8 Å². The molecule has 1 N–H and O–H groups in total. The van der Waals surface area contributed by atoms with E-state index in [2.05, 4.69) is 40.0 Å². The van der Waals surface area contributed by atoms with Gasteiger partial charge in [0.25, 0.3) is 0 Å². The fourth-order valence-electron chi connectivity index (χ4n) is 2.77. The lowest BCUT2D eigenvalue weighted by atomic mass is 10.1. The van der Waals surface area contributed by atoms with Crippen LogP contribution in [0.3, 0.4) is 0 Å². The summed E-state index contributed by atoms with van der Waals surface area (Å²) < 4.78 is 14.3. The Bertz CT molecular complexity index is 462. The van der Waals surface area contributed by atoms with Crippen LogP contribution < -0.4 is 10.2 Å². The van der Waals surface area contributed by atoms with Gasteiger partial charge in [0.1, 0.15) is 5.82 Å². The highest BCUT2D eigenvalue weighted by atomic mass is 79.9. The minimum absolute atomic E-state index is 0.174. The van der Waals surface area contributed by atoms with Crippen molar-refractivity contribution < 1.29 is 4.39 Å². The largest absolute Gasteiger partial charge is 0.371 e. The third kappa shape index (κ3) is 3.95. The van der Waals surface area contributed by atoms with E-state index in [1.165, 1.54) is 6.42 Å². The fraction of sp³-hybridized carbons (Fsp3) is 0.625. The molecule has 1 aromatic carbocycles. The summed E-state index contributed by atoms with van der Waals surface area (Å²) in [7, 11) is 0. The number of benzene rings is 1. The van der Waals surface area contributed by atoms with Crippen molar-refractivity contribution >= 4 is 21.6 Å². The number of aryl methyl sites for hydroxylation is 1. The Morgan fingerprint density at radius 2 is 2.20 bits per heavy atom. The lowest BCUT2D eigenvalue weighted by Gasteiger charge is -2.21. The van der Waals surface area contributed by atoms with Crippen molar-refractivity contribution in [3.63, 3.8) is 0 Å². The Morgan fingerprint density at radius 1 is 1.45 bits per heavy atom. The van der Waals surface area contributed by atoms with Crippen LogP contribution in [-0.4, -0.2) is 26.2 Å². The van der Waals surface area contributed by atoms with Gasteiger partial charge < -0.3 is 10.2 Å². The van der Waals surface area contributed by atoms with Crippen LogP contribution in [-0.2, 0) is 0 Å². The molecule has 0 amide bonds.